The highest BCUT2D eigenvalue weighted by molar-refractivity contribution is 7.89. The van der Waals surface area contributed by atoms with Gasteiger partial charge in [0.2, 0.25) is 15.9 Å². The molecule has 9 heteroatoms. The number of benzene rings is 1. The first kappa shape index (κ1) is 16.0. The van der Waals surface area contributed by atoms with E-state index in [1.807, 2.05) is 13.8 Å². The lowest BCUT2D eigenvalue weighted by Crippen LogP contribution is -2.48. The monoisotopic (exact) mass is 343 g/mol. The number of aromatic nitrogens is 2. The molecule has 0 spiro atoms. The fourth-order valence-electron chi connectivity index (χ4n) is 2.26. The van der Waals surface area contributed by atoms with Crippen LogP contribution in [-0.4, -0.2) is 36.0 Å². The number of hydrogen-bond acceptors (Lipinski definition) is 5. The van der Waals surface area contributed by atoms with Crippen LogP contribution in [0.15, 0.2) is 27.6 Å². The number of sulfonamides is 1. The molecule has 2 heterocycles. The largest absolute Gasteiger partial charge is 0.339 e. The Morgan fingerprint density at radius 1 is 1.22 bits per heavy atom. The quantitative estimate of drug-likeness (QED) is 0.851. The molecule has 6 nitrogen and oxygen atoms in total. The lowest BCUT2D eigenvalue weighted by Gasteiger charge is -2.35. The van der Waals surface area contributed by atoms with Crippen molar-refractivity contribution in [3.63, 3.8) is 0 Å². The van der Waals surface area contributed by atoms with E-state index in [9.17, 15) is 17.2 Å². The fourth-order valence-corrected chi connectivity index (χ4v) is 3.84. The Balaban J connectivity index is 1.74. The van der Waals surface area contributed by atoms with E-state index in [2.05, 4.69) is 10.1 Å². The van der Waals surface area contributed by atoms with E-state index < -0.39 is 26.6 Å². The molecule has 0 unspecified atom stereocenters. The van der Waals surface area contributed by atoms with Crippen molar-refractivity contribution >= 4 is 10.0 Å². The van der Waals surface area contributed by atoms with Gasteiger partial charge in [0.1, 0.15) is 11.6 Å². The Hall–Kier alpha value is -1.87. The van der Waals surface area contributed by atoms with E-state index in [-0.39, 0.29) is 24.9 Å². The van der Waals surface area contributed by atoms with Crippen LogP contribution >= 0.6 is 0 Å². The molecule has 2 aromatic rings. The maximum absolute atomic E-state index is 13.2. The van der Waals surface area contributed by atoms with Gasteiger partial charge in [-0.25, -0.2) is 17.2 Å². The van der Waals surface area contributed by atoms with Gasteiger partial charge in [0, 0.05) is 25.1 Å². The van der Waals surface area contributed by atoms with Crippen LogP contribution in [0.3, 0.4) is 0 Å². The van der Waals surface area contributed by atoms with Gasteiger partial charge < -0.3 is 4.52 Å². The summed E-state index contributed by atoms with van der Waals surface area (Å²) in [6, 6.07) is 2.23. The molecule has 3 rings (SSSR count). The Labute approximate surface area is 132 Å². The molecule has 1 aromatic carbocycles. The van der Waals surface area contributed by atoms with Crippen LogP contribution in [-0.2, 0) is 10.0 Å². The van der Waals surface area contributed by atoms with E-state index in [0.29, 0.717) is 17.8 Å². The lowest BCUT2D eigenvalue weighted by molar-refractivity contribution is 0.216. The second kappa shape index (κ2) is 5.64. The maximum atomic E-state index is 13.2. The van der Waals surface area contributed by atoms with Crippen LogP contribution in [0, 0.1) is 11.6 Å². The Morgan fingerprint density at radius 2 is 1.83 bits per heavy atom. The van der Waals surface area contributed by atoms with Gasteiger partial charge in [-0.2, -0.15) is 9.29 Å². The van der Waals surface area contributed by atoms with Crippen molar-refractivity contribution in [2.24, 2.45) is 0 Å². The molecule has 0 bridgehead atoms. The first-order valence-corrected chi connectivity index (χ1v) is 8.51. The van der Waals surface area contributed by atoms with Crippen LogP contribution in [0.5, 0.6) is 0 Å². The number of nitrogens with zero attached hydrogens (tertiary/aromatic N) is 3. The third-order valence-electron chi connectivity index (χ3n) is 3.64. The highest BCUT2D eigenvalue weighted by atomic mass is 32.2. The maximum Gasteiger partial charge on any atom is 0.243 e. The highest BCUT2D eigenvalue weighted by Gasteiger charge is 2.40. The molecule has 124 valence electrons. The minimum Gasteiger partial charge on any atom is -0.339 e. The molecule has 0 N–H and O–H groups in total. The van der Waals surface area contributed by atoms with Crippen molar-refractivity contribution in [3.05, 3.63) is 41.5 Å². The predicted molar refractivity (Wildman–Crippen MR) is 76.2 cm³/mol. The van der Waals surface area contributed by atoms with Crippen LogP contribution in [0.2, 0.25) is 0 Å². The highest BCUT2D eigenvalue weighted by Crippen LogP contribution is 2.32. The van der Waals surface area contributed by atoms with Gasteiger partial charge in [-0.3, -0.25) is 0 Å². The number of halogens is 2. The molecule has 1 aliphatic rings. The van der Waals surface area contributed by atoms with Crippen molar-refractivity contribution in [2.75, 3.05) is 13.1 Å². The molecule has 0 aliphatic carbocycles. The standard InChI is InChI=1S/C14H15F2N3O3S/c1-8(2)13-17-14(22-18-13)9-6-19(7-9)23(20,21)12-4-10(15)3-11(16)5-12/h3-5,8-9H,6-7H2,1-2H3. The van der Waals surface area contributed by atoms with E-state index in [4.69, 9.17) is 4.52 Å². The second-order valence-electron chi connectivity index (χ2n) is 5.77. The molecule has 1 saturated heterocycles. The first-order valence-electron chi connectivity index (χ1n) is 7.07. The van der Waals surface area contributed by atoms with Crippen molar-refractivity contribution in [1.82, 2.24) is 14.4 Å². The van der Waals surface area contributed by atoms with Gasteiger partial charge >= 0.3 is 0 Å². The third kappa shape index (κ3) is 2.98. The van der Waals surface area contributed by atoms with Crippen molar-refractivity contribution < 1.29 is 21.7 Å². The average molecular weight is 343 g/mol. The van der Waals surface area contributed by atoms with Gasteiger partial charge in [0.05, 0.1) is 10.8 Å². The summed E-state index contributed by atoms with van der Waals surface area (Å²) in [7, 11) is -3.93. The molecular weight excluding hydrogens is 328 g/mol. The van der Waals surface area contributed by atoms with Crippen LogP contribution in [0.1, 0.15) is 37.4 Å². The molecule has 0 saturated carbocycles. The van der Waals surface area contributed by atoms with Gasteiger partial charge in [0.25, 0.3) is 0 Å². The average Bonchev–Trinajstić information content (AvgIpc) is 2.85. The Bertz CT molecular complexity index is 809. The summed E-state index contributed by atoms with van der Waals surface area (Å²) in [5, 5.41) is 3.83. The van der Waals surface area contributed by atoms with E-state index >= 15 is 0 Å². The molecular formula is C14H15F2N3O3S. The summed E-state index contributed by atoms with van der Waals surface area (Å²) in [5.41, 5.74) is 0. The fraction of sp³-hybridized carbons (Fsp3) is 0.429. The summed E-state index contributed by atoms with van der Waals surface area (Å²) in [6.45, 7) is 4.12. The molecule has 1 aliphatic heterocycles. The zero-order chi connectivity index (χ0) is 16.8. The third-order valence-corrected chi connectivity index (χ3v) is 5.45. The van der Waals surface area contributed by atoms with E-state index in [0.717, 1.165) is 16.4 Å². The number of hydrogen-bond donors (Lipinski definition) is 0. The molecule has 23 heavy (non-hydrogen) atoms. The number of rotatable bonds is 4. The summed E-state index contributed by atoms with van der Waals surface area (Å²) in [4.78, 5) is 3.83. The predicted octanol–water partition coefficient (Wildman–Crippen LogP) is 2.26. The lowest BCUT2D eigenvalue weighted by atomic mass is 10.0. The molecule has 0 radical (unpaired) electrons. The van der Waals surface area contributed by atoms with Crippen LogP contribution in [0.25, 0.3) is 0 Å². The van der Waals surface area contributed by atoms with Crippen molar-refractivity contribution in [1.29, 1.82) is 0 Å². The second-order valence-corrected chi connectivity index (χ2v) is 7.71. The summed E-state index contributed by atoms with van der Waals surface area (Å²) in [6.07, 6.45) is 0. The minimum absolute atomic E-state index is 0.114. The molecule has 1 fully saturated rings. The molecule has 0 amide bonds. The summed E-state index contributed by atoms with van der Waals surface area (Å²) >= 11 is 0. The van der Waals surface area contributed by atoms with E-state index in [1.54, 1.807) is 0 Å². The van der Waals surface area contributed by atoms with Crippen molar-refractivity contribution in [3.8, 4) is 0 Å². The Morgan fingerprint density at radius 3 is 2.35 bits per heavy atom. The topological polar surface area (TPSA) is 76.3 Å². The first-order chi connectivity index (χ1) is 10.8. The van der Waals surface area contributed by atoms with Gasteiger partial charge in [0.15, 0.2) is 5.82 Å². The van der Waals surface area contributed by atoms with E-state index in [1.165, 1.54) is 0 Å². The van der Waals surface area contributed by atoms with Crippen molar-refractivity contribution in [2.45, 2.75) is 30.6 Å². The van der Waals surface area contributed by atoms with Gasteiger partial charge in [-0.1, -0.05) is 19.0 Å². The van der Waals surface area contributed by atoms with Gasteiger partial charge in [-0.05, 0) is 12.1 Å². The molecule has 0 atom stereocenters. The normalized spacial score (nSPS) is 16.7. The Kier molecular flexibility index (Phi) is 3.93. The smallest absolute Gasteiger partial charge is 0.243 e. The summed E-state index contributed by atoms with van der Waals surface area (Å²) in [5.74, 6) is -1.01. The zero-order valence-corrected chi connectivity index (χ0v) is 13.3. The molecule has 1 aromatic heterocycles. The summed E-state index contributed by atoms with van der Waals surface area (Å²) < 4.78 is 57.3. The zero-order valence-electron chi connectivity index (χ0n) is 12.5. The van der Waals surface area contributed by atoms with Crippen LogP contribution in [0.4, 0.5) is 8.78 Å². The SMILES string of the molecule is CC(C)c1noc(C2CN(S(=O)(=O)c3cc(F)cc(F)c3)C2)n1. The van der Waals surface area contributed by atoms with Crippen LogP contribution < -0.4 is 0 Å². The van der Waals surface area contributed by atoms with Gasteiger partial charge in [-0.15, -0.1) is 0 Å². The minimum atomic E-state index is -3.93.